The topological polar surface area (TPSA) is 18.8 Å². The maximum atomic E-state index is 6.12. The van der Waals surface area contributed by atoms with Crippen LogP contribution in [0.2, 0.25) is 0 Å². The summed E-state index contributed by atoms with van der Waals surface area (Å²) in [6.07, 6.45) is -2.25. The smallest absolute Gasteiger partial charge is 0.200 e. The zero-order chi connectivity index (χ0) is 16.2. The molecule has 2 rings (SSSR count). The van der Waals surface area contributed by atoms with Gasteiger partial charge in [0.1, 0.15) is 6.19 Å². The number of rotatable bonds is 3. The van der Waals surface area contributed by atoms with Crippen LogP contribution in [0.25, 0.3) is 0 Å². The SMILES string of the molecule is CN(C)C(=NP(=S)(c1ccccc1)c1ccccc1)N(C)C. The zero-order valence-corrected chi connectivity index (χ0v) is 15.2. The van der Waals surface area contributed by atoms with Crippen molar-refractivity contribution in [3.63, 3.8) is 0 Å². The molecule has 0 fully saturated rings. The van der Waals surface area contributed by atoms with Crippen molar-refractivity contribution in [2.45, 2.75) is 0 Å². The van der Waals surface area contributed by atoms with Crippen LogP contribution in [0.4, 0.5) is 0 Å². The quantitative estimate of drug-likeness (QED) is 0.489. The Labute approximate surface area is 138 Å². The van der Waals surface area contributed by atoms with Crippen LogP contribution in [0.1, 0.15) is 0 Å². The van der Waals surface area contributed by atoms with Crippen molar-refractivity contribution in [2.24, 2.45) is 4.76 Å². The van der Waals surface area contributed by atoms with E-state index in [1.165, 1.54) is 0 Å². The lowest BCUT2D eigenvalue weighted by Gasteiger charge is -2.27. The van der Waals surface area contributed by atoms with Crippen LogP contribution in [0.3, 0.4) is 0 Å². The molecule has 5 heteroatoms. The van der Waals surface area contributed by atoms with Gasteiger partial charge in [0, 0.05) is 38.8 Å². The average Bonchev–Trinajstić information content (AvgIpc) is 2.53. The second-order valence-electron chi connectivity index (χ2n) is 5.44. The Morgan fingerprint density at radius 3 is 1.45 bits per heavy atom. The summed E-state index contributed by atoms with van der Waals surface area (Å²) < 4.78 is 5.04. The second-order valence-corrected chi connectivity index (χ2v) is 9.41. The molecule has 2 aromatic carbocycles. The Hall–Kier alpha value is -1.64. The largest absolute Gasteiger partial charge is 0.349 e. The first-order valence-electron chi connectivity index (χ1n) is 7.11. The number of guanidine groups is 1. The Morgan fingerprint density at radius 1 is 0.773 bits per heavy atom. The standard InChI is InChI=1S/C17H22N3PS/c1-19(2)17(20(3)4)18-21(22,15-11-7-5-8-12-15)16-13-9-6-10-14-16/h5-14H,1-4H3. The Balaban J connectivity index is 2.67. The number of benzene rings is 2. The molecule has 22 heavy (non-hydrogen) atoms. The van der Waals surface area contributed by atoms with E-state index in [0.717, 1.165) is 16.6 Å². The summed E-state index contributed by atoms with van der Waals surface area (Å²) in [5, 5.41) is 2.22. The van der Waals surface area contributed by atoms with Crippen molar-refractivity contribution in [3.8, 4) is 0 Å². The van der Waals surface area contributed by atoms with E-state index in [-0.39, 0.29) is 0 Å². The molecule has 0 aliphatic carbocycles. The number of nitrogens with zero attached hydrogens (tertiary/aromatic N) is 3. The fourth-order valence-electron chi connectivity index (χ4n) is 2.23. The average molecular weight is 331 g/mol. The predicted molar refractivity (Wildman–Crippen MR) is 101 cm³/mol. The van der Waals surface area contributed by atoms with Gasteiger partial charge in [0.15, 0.2) is 0 Å². The highest BCUT2D eigenvalue weighted by atomic mass is 32.4. The third-order valence-electron chi connectivity index (χ3n) is 3.24. The van der Waals surface area contributed by atoms with E-state index in [4.69, 9.17) is 16.6 Å². The molecule has 116 valence electrons. The van der Waals surface area contributed by atoms with Crippen molar-refractivity contribution in [1.82, 2.24) is 9.80 Å². The summed E-state index contributed by atoms with van der Waals surface area (Å²) in [7, 11) is 7.98. The molecular weight excluding hydrogens is 309 g/mol. The zero-order valence-electron chi connectivity index (χ0n) is 13.5. The fourth-order valence-corrected chi connectivity index (χ4v) is 5.47. The Bertz CT molecular complexity index is 628. The lowest BCUT2D eigenvalue weighted by Crippen LogP contribution is -2.36. The van der Waals surface area contributed by atoms with Gasteiger partial charge in [0.05, 0.1) is 0 Å². The molecule has 0 spiro atoms. The van der Waals surface area contributed by atoms with Gasteiger partial charge in [-0.1, -0.05) is 72.5 Å². The molecule has 0 atom stereocenters. The normalized spacial score (nSPS) is 10.9. The molecule has 0 bridgehead atoms. The first-order chi connectivity index (χ1) is 10.4. The molecule has 0 aliphatic rings. The highest BCUT2D eigenvalue weighted by Gasteiger charge is 2.23. The maximum absolute atomic E-state index is 6.12. The Morgan fingerprint density at radius 2 is 1.14 bits per heavy atom. The maximum Gasteiger partial charge on any atom is 0.200 e. The van der Waals surface area contributed by atoms with E-state index in [0.29, 0.717) is 0 Å². The summed E-state index contributed by atoms with van der Waals surface area (Å²) in [4.78, 5) is 4.01. The summed E-state index contributed by atoms with van der Waals surface area (Å²) in [5.74, 6) is 0.885. The van der Waals surface area contributed by atoms with Crippen LogP contribution in [0.15, 0.2) is 65.4 Å². The van der Waals surface area contributed by atoms with Gasteiger partial charge in [0.25, 0.3) is 0 Å². The van der Waals surface area contributed by atoms with Crippen LogP contribution >= 0.6 is 6.19 Å². The lowest BCUT2D eigenvalue weighted by atomic mass is 10.4. The van der Waals surface area contributed by atoms with Gasteiger partial charge in [-0.25, -0.2) is 4.76 Å². The van der Waals surface area contributed by atoms with Gasteiger partial charge in [-0.3, -0.25) is 0 Å². The molecule has 0 aliphatic heterocycles. The second kappa shape index (κ2) is 7.08. The van der Waals surface area contributed by atoms with Crippen LogP contribution in [-0.2, 0) is 11.8 Å². The number of hydrogen-bond donors (Lipinski definition) is 0. The summed E-state index contributed by atoms with van der Waals surface area (Å²) in [6, 6.07) is 20.5. The van der Waals surface area contributed by atoms with Crippen molar-refractivity contribution in [3.05, 3.63) is 60.7 Å². The molecular formula is C17H22N3PS. The van der Waals surface area contributed by atoms with Crippen molar-refractivity contribution >= 4 is 34.6 Å². The third kappa shape index (κ3) is 3.57. The van der Waals surface area contributed by atoms with E-state index in [9.17, 15) is 0 Å². The van der Waals surface area contributed by atoms with Crippen LogP contribution in [0, 0.1) is 0 Å². The lowest BCUT2D eigenvalue weighted by molar-refractivity contribution is 0.486. The highest BCUT2D eigenvalue weighted by Crippen LogP contribution is 2.45. The minimum Gasteiger partial charge on any atom is -0.349 e. The van der Waals surface area contributed by atoms with Crippen LogP contribution in [0.5, 0.6) is 0 Å². The molecule has 0 saturated carbocycles. The van der Waals surface area contributed by atoms with Gasteiger partial charge in [-0.2, -0.15) is 0 Å². The number of hydrogen-bond acceptors (Lipinski definition) is 1. The minimum absolute atomic E-state index is 0.885. The van der Waals surface area contributed by atoms with Gasteiger partial charge >= 0.3 is 0 Å². The van der Waals surface area contributed by atoms with Gasteiger partial charge in [0.2, 0.25) is 5.96 Å². The summed E-state index contributed by atoms with van der Waals surface area (Å²) in [6.45, 7) is 0. The van der Waals surface area contributed by atoms with E-state index >= 15 is 0 Å². The first kappa shape index (κ1) is 16.7. The van der Waals surface area contributed by atoms with Gasteiger partial charge in [-0.05, 0) is 0 Å². The molecule has 0 saturated heterocycles. The van der Waals surface area contributed by atoms with Crippen molar-refractivity contribution in [1.29, 1.82) is 0 Å². The molecule has 0 radical (unpaired) electrons. The molecule has 3 nitrogen and oxygen atoms in total. The summed E-state index contributed by atoms with van der Waals surface area (Å²) >= 11 is 6.12. The van der Waals surface area contributed by atoms with E-state index in [2.05, 4.69) is 24.3 Å². The molecule has 0 aromatic heterocycles. The molecule has 0 amide bonds. The van der Waals surface area contributed by atoms with Crippen molar-refractivity contribution in [2.75, 3.05) is 28.2 Å². The molecule has 2 aromatic rings. The molecule has 0 unspecified atom stereocenters. The van der Waals surface area contributed by atoms with E-state index < -0.39 is 6.19 Å². The molecule has 0 N–H and O–H groups in total. The third-order valence-corrected chi connectivity index (χ3v) is 7.21. The summed E-state index contributed by atoms with van der Waals surface area (Å²) in [5.41, 5.74) is 0. The van der Waals surface area contributed by atoms with Crippen LogP contribution < -0.4 is 10.6 Å². The van der Waals surface area contributed by atoms with E-state index in [1.54, 1.807) is 0 Å². The Kier molecular flexibility index (Phi) is 5.38. The first-order valence-corrected chi connectivity index (χ1v) is 9.87. The van der Waals surface area contributed by atoms with E-state index in [1.807, 2.05) is 74.4 Å². The van der Waals surface area contributed by atoms with Gasteiger partial charge in [-0.15, -0.1) is 0 Å². The fraction of sp³-hybridized carbons (Fsp3) is 0.235. The molecule has 0 heterocycles. The monoisotopic (exact) mass is 331 g/mol. The van der Waals surface area contributed by atoms with Gasteiger partial charge < -0.3 is 9.80 Å². The van der Waals surface area contributed by atoms with Crippen molar-refractivity contribution < 1.29 is 0 Å². The van der Waals surface area contributed by atoms with Crippen LogP contribution in [-0.4, -0.2) is 44.0 Å². The highest BCUT2D eigenvalue weighted by molar-refractivity contribution is 8.21. The minimum atomic E-state index is -2.25. The predicted octanol–water partition coefficient (Wildman–Crippen LogP) is 2.51.